The summed E-state index contributed by atoms with van der Waals surface area (Å²) in [5, 5.41) is 3.67. The highest BCUT2D eigenvalue weighted by Crippen LogP contribution is 2.27. The molecule has 0 saturated carbocycles. The van der Waals surface area contributed by atoms with Crippen molar-refractivity contribution >= 4 is 15.9 Å². The molecule has 2 aromatic rings. The number of ether oxygens (including phenoxy) is 1. The molecule has 0 aliphatic carbocycles. The van der Waals surface area contributed by atoms with Crippen molar-refractivity contribution in [2.75, 3.05) is 6.61 Å². The van der Waals surface area contributed by atoms with Gasteiger partial charge in [0.25, 0.3) is 0 Å². The molecule has 104 valence electrons. The van der Waals surface area contributed by atoms with Crippen LogP contribution in [0.5, 0.6) is 0 Å². The molecule has 2 unspecified atom stereocenters. The van der Waals surface area contributed by atoms with Crippen molar-refractivity contribution < 1.29 is 4.74 Å². The number of benzene rings is 2. The van der Waals surface area contributed by atoms with Gasteiger partial charge in [-0.1, -0.05) is 52.3 Å². The Morgan fingerprint density at radius 2 is 1.90 bits per heavy atom. The Balaban J connectivity index is 1.77. The fraction of sp³-hybridized carbons (Fsp3) is 0.294. The molecular formula is C17H18BrNO. The minimum atomic E-state index is 0.263. The maximum Gasteiger partial charge on any atom is 0.0721 e. The molecule has 0 aromatic heterocycles. The molecule has 0 bridgehead atoms. The smallest absolute Gasteiger partial charge is 0.0721 e. The minimum absolute atomic E-state index is 0.263. The number of hydrogen-bond acceptors (Lipinski definition) is 2. The number of halogens is 1. The lowest BCUT2D eigenvalue weighted by Gasteiger charge is -2.29. The molecule has 3 rings (SSSR count). The molecular weight excluding hydrogens is 314 g/mol. The molecule has 0 spiro atoms. The summed E-state index contributed by atoms with van der Waals surface area (Å²) in [5.41, 5.74) is 3.94. The topological polar surface area (TPSA) is 21.3 Å². The highest BCUT2D eigenvalue weighted by molar-refractivity contribution is 9.10. The summed E-state index contributed by atoms with van der Waals surface area (Å²) in [7, 11) is 0. The Morgan fingerprint density at radius 1 is 1.15 bits per heavy atom. The first kappa shape index (κ1) is 13.8. The zero-order valence-corrected chi connectivity index (χ0v) is 13.1. The molecule has 1 aliphatic rings. The second-order valence-electron chi connectivity index (χ2n) is 5.21. The van der Waals surface area contributed by atoms with E-state index in [9.17, 15) is 0 Å². The van der Waals surface area contributed by atoms with Gasteiger partial charge in [0.15, 0.2) is 0 Å². The fourth-order valence-electron chi connectivity index (χ4n) is 2.67. The summed E-state index contributed by atoms with van der Waals surface area (Å²) < 4.78 is 6.81. The summed E-state index contributed by atoms with van der Waals surface area (Å²) in [6, 6.07) is 17.5. The van der Waals surface area contributed by atoms with Crippen LogP contribution in [0, 0.1) is 0 Å². The largest absolute Gasteiger partial charge is 0.375 e. The van der Waals surface area contributed by atoms with Crippen molar-refractivity contribution in [3.8, 4) is 0 Å². The molecule has 0 radical (unpaired) electrons. The van der Waals surface area contributed by atoms with Crippen molar-refractivity contribution in [1.29, 1.82) is 0 Å². The van der Waals surface area contributed by atoms with E-state index < -0.39 is 0 Å². The van der Waals surface area contributed by atoms with Crippen LogP contribution in [-0.2, 0) is 11.3 Å². The van der Waals surface area contributed by atoms with Crippen LogP contribution in [0.15, 0.2) is 53.0 Å². The van der Waals surface area contributed by atoms with E-state index in [1.807, 2.05) is 0 Å². The Morgan fingerprint density at radius 3 is 2.70 bits per heavy atom. The third kappa shape index (κ3) is 2.95. The second kappa shape index (κ2) is 6.08. The zero-order valence-electron chi connectivity index (χ0n) is 11.5. The monoisotopic (exact) mass is 331 g/mol. The van der Waals surface area contributed by atoms with Gasteiger partial charge in [-0.2, -0.15) is 0 Å². The number of hydrogen-bond donors (Lipinski definition) is 1. The normalized spacial score (nSPS) is 19.4. The summed E-state index contributed by atoms with van der Waals surface area (Å²) >= 11 is 3.47. The third-order valence-corrected chi connectivity index (χ3v) is 4.32. The number of fused-ring (bicyclic) bond motifs is 1. The molecule has 2 aromatic carbocycles. The predicted molar refractivity (Wildman–Crippen MR) is 84.5 cm³/mol. The van der Waals surface area contributed by atoms with Gasteiger partial charge in [0, 0.05) is 10.5 Å². The lowest BCUT2D eigenvalue weighted by molar-refractivity contribution is 0.0791. The molecule has 0 amide bonds. The van der Waals surface area contributed by atoms with Gasteiger partial charge in [-0.3, -0.25) is 0 Å². The first-order valence-electron chi connectivity index (χ1n) is 6.91. The quantitative estimate of drug-likeness (QED) is 0.901. The maximum atomic E-state index is 5.69. The Hall–Kier alpha value is -1.16. The Kier molecular flexibility index (Phi) is 4.20. The van der Waals surface area contributed by atoms with Gasteiger partial charge in [-0.05, 0) is 35.7 Å². The number of nitrogens with one attached hydrogen (secondary N) is 1. The van der Waals surface area contributed by atoms with E-state index in [1.54, 1.807) is 0 Å². The summed E-state index contributed by atoms with van der Waals surface area (Å²) in [6.07, 6.45) is 0. The standard InChI is InChI=1S/C17H18BrNO/c1-12(13-6-8-15(18)9-7-13)19-17-11-20-10-14-4-2-3-5-16(14)17/h2-9,12,17,19H,10-11H2,1H3. The lowest BCUT2D eigenvalue weighted by atomic mass is 9.97. The highest BCUT2D eigenvalue weighted by atomic mass is 79.9. The first-order valence-corrected chi connectivity index (χ1v) is 7.70. The maximum absolute atomic E-state index is 5.69. The van der Waals surface area contributed by atoms with Gasteiger partial charge in [-0.25, -0.2) is 0 Å². The average Bonchev–Trinajstić information content (AvgIpc) is 2.48. The van der Waals surface area contributed by atoms with E-state index in [4.69, 9.17) is 4.74 Å². The summed E-state index contributed by atoms with van der Waals surface area (Å²) in [6.45, 7) is 3.65. The average molecular weight is 332 g/mol. The third-order valence-electron chi connectivity index (χ3n) is 3.79. The van der Waals surface area contributed by atoms with Crippen LogP contribution in [0.1, 0.15) is 35.7 Å². The van der Waals surface area contributed by atoms with Crippen molar-refractivity contribution in [1.82, 2.24) is 5.32 Å². The van der Waals surface area contributed by atoms with Gasteiger partial charge in [0.1, 0.15) is 0 Å². The molecule has 0 fully saturated rings. The molecule has 1 N–H and O–H groups in total. The van der Waals surface area contributed by atoms with Crippen LogP contribution in [-0.4, -0.2) is 6.61 Å². The summed E-state index contributed by atoms with van der Waals surface area (Å²) in [5.74, 6) is 0. The lowest BCUT2D eigenvalue weighted by Crippen LogP contribution is -2.31. The fourth-order valence-corrected chi connectivity index (χ4v) is 2.93. The van der Waals surface area contributed by atoms with Gasteiger partial charge < -0.3 is 10.1 Å². The van der Waals surface area contributed by atoms with Gasteiger partial charge in [-0.15, -0.1) is 0 Å². The Labute approximate surface area is 128 Å². The van der Waals surface area contributed by atoms with Crippen molar-refractivity contribution in [3.05, 3.63) is 69.7 Å². The van der Waals surface area contributed by atoms with E-state index in [0.29, 0.717) is 6.04 Å². The van der Waals surface area contributed by atoms with Gasteiger partial charge >= 0.3 is 0 Å². The van der Waals surface area contributed by atoms with Crippen molar-refractivity contribution in [2.24, 2.45) is 0 Å². The molecule has 3 heteroatoms. The molecule has 0 saturated heterocycles. The van der Waals surface area contributed by atoms with Crippen LogP contribution in [0.2, 0.25) is 0 Å². The van der Waals surface area contributed by atoms with E-state index >= 15 is 0 Å². The van der Waals surface area contributed by atoms with Crippen LogP contribution in [0.3, 0.4) is 0 Å². The molecule has 1 heterocycles. The SMILES string of the molecule is CC(NC1COCc2ccccc21)c1ccc(Br)cc1. The molecule has 20 heavy (non-hydrogen) atoms. The minimum Gasteiger partial charge on any atom is -0.375 e. The van der Waals surface area contributed by atoms with E-state index in [0.717, 1.165) is 17.7 Å². The van der Waals surface area contributed by atoms with Crippen LogP contribution >= 0.6 is 15.9 Å². The van der Waals surface area contributed by atoms with E-state index in [2.05, 4.69) is 76.7 Å². The zero-order chi connectivity index (χ0) is 13.9. The van der Waals surface area contributed by atoms with Crippen LogP contribution in [0.25, 0.3) is 0 Å². The van der Waals surface area contributed by atoms with Crippen molar-refractivity contribution in [3.63, 3.8) is 0 Å². The van der Waals surface area contributed by atoms with Crippen LogP contribution < -0.4 is 5.32 Å². The van der Waals surface area contributed by atoms with E-state index in [-0.39, 0.29) is 6.04 Å². The summed E-state index contributed by atoms with van der Waals surface area (Å²) in [4.78, 5) is 0. The van der Waals surface area contributed by atoms with E-state index in [1.165, 1.54) is 16.7 Å². The number of rotatable bonds is 3. The van der Waals surface area contributed by atoms with Crippen LogP contribution in [0.4, 0.5) is 0 Å². The highest BCUT2D eigenvalue weighted by Gasteiger charge is 2.21. The van der Waals surface area contributed by atoms with Gasteiger partial charge in [0.05, 0.1) is 19.3 Å². The molecule has 2 nitrogen and oxygen atoms in total. The van der Waals surface area contributed by atoms with Crippen molar-refractivity contribution in [2.45, 2.75) is 25.6 Å². The Bertz CT molecular complexity index is 582. The first-order chi connectivity index (χ1) is 9.74. The second-order valence-corrected chi connectivity index (χ2v) is 6.12. The molecule has 1 aliphatic heterocycles. The predicted octanol–water partition coefficient (Wildman–Crippen LogP) is 4.37. The molecule has 2 atom stereocenters. The van der Waals surface area contributed by atoms with Gasteiger partial charge in [0.2, 0.25) is 0 Å².